The third kappa shape index (κ3) is 3.65. The van der Waals surface area contributed by atoms with Gasteiger partial charge in [0.25, 0.3) is 0 Å². The summed E-state index contributed by atoms with van der Waals surface area (Å²) >= 11 is 1.54. The normalized spacial score (nSPS) is 10.0. The molecule has 2 aromatic carbocycles. The summed E-state index contributed by atoms with van der Waals surface area (Å²) in [5, 5.41) is 2.89. The molecule has 0 unspecified atom stereocenters. The molecule has 0 aliphatic rings. The van der Waals surface area contributed by atoms with Gasteiger partial charge in [-0.2, -0.15) is 0 Å². The Morgan fingerprint density at radius 1 is 1.13 bits per heavy atom. The van der Waals surface area contributed by atoms with Crippen LogP contribution in [0.15, 0.2) is 60.0 Å². The van der Waals surface area contributed by atoms with Crippen LogP contribution in [0.1, 0.15) is 15.4 Å². The number of carbonyl (C=O) groups is 1. The Hall–Kier alpha value is -2.90. The number of terminal acetylenes is 1. The lowest BCUT2D eigenvalue weighted by Crippen LogP contribution is -2.07. The number of nitrogens with zero attached hydrogens (tertiary/aromatic N) is 1. The minimum atomic E-state index is -0.372. The molecule has 0 spiro atoms. The van der Waals surface area contributed by atoms with Gasteiger partial charge in [-0.05, 0) is 36.4 Å². The Kier molecular flexibility index (Phi) is 4.51. The molecule has 0 saturated heterocycles. The van der Waals surface area contributed by atoms with Gasteiger partial charge < -0.3 is 4.74 Å². The summed E-state index contributed by atoms with van der Waals surface area (Å²) in [6.45, 7) is 0. The van der Waals surface area contributed by atoms with Crippen LogP contribution >= 0.6 is 11.3 Å². The van der Waals surface area contributed by atoms with Gasteiger partial charge in [0.1, 0.15) is 10.8 Å². The van der Waals surface area contributed by atoms with Crippen molar-refractivity contribution in [2.75, 3.05) is 0 Å². The number of carbonyl (C=O) groups excluding carboxylic acids is 1. The van der Waals surface area contributed by atoms with E-state index in [1.807, 2.05) is 23.6 Å². The van der Waals surface area contributed by atoms with E-state index in [0.717, 1.165) is 16.3 Å². The summed E-state index contributed by atoms with van der Waals surface area (Å²) < 4.78 is 5.35. The number of ether oxygens (including phenoxy) is 1. The molecular weight excluding hydrogens is 306 g/mol. The highest BCUT2D eigenvalue weighted by Crippen LogP contribution is 2.24. The quantitative estimate of drug-likeness (QED) is 0.411. The van der Waals surface area contributed by atoms with Crippen LogP contribution in [0.5, 0.6) is 5.75 Å². The van der Waals surface area contributed by atoms with Crippen molar-refractivity contribution in [1.82, 2.24) is 4.98 Å². The first-order valence-electron chi connectivity index (χ1n) is 7.02. The molecule has 23 heavy (non-hydrogen) atoms. The molecule has 1 heterocycles. The molecule has 0 radical (unpaired) electrons. The van der Waals surface area contributed by atoms with E-state index >= 15 is 0 Å². The van der Waals surface area contributed by atoms with Gasteiger partial charge in [0, 0.05) is 10.9 Å². The number of thiazole rings is 1. The second kappa shape index (κ2) is 6.91. The second-order valence-corrected chi connectivity index (χ2v) is 5.73. The molecule has 0 saturated carbocycles. The summed E-state index contributed by atoms with van der Waals surface area (Å²) in [5.74, 6) is 2.72. The smallest absolute Gasteiger partial charge is 0.343 e. The second-order valence-electron chi connectivity index (χ2n) is 4.79. The molecule has 0 aliphatic heterocycles. The lowest BCUT2D eigenvalue weighted by atomic mass is 10.1. The van der Waals surface area contributed by atoms with Gasteiger partial charge in [0.2, 0.25) is 0 Å². The summed E-state index contributed by atoms with van der Waals surface area (Å²) in [6, 6.07) is 16.2. The van der Waals surface area contributed by atoms with E-state index in [1.54, 1.807) is 47.7 Å². The molecule has 1 aromatic heterocycles. The van der Waals surface area contributed by atoms with E-state index in [-0.39, 0.29) is 5.97 Å². The molecule has 0 fully saturated rings. The number of hydrogen-bond donors (Lipinski definition) is 0. The van der Waals surface area contributed by atoms with Crippen molar-refractivity contribution in [3.8, 4) is 29.4 Å². The van der Waals surface area contributed by atoms with Crippen molar-refractivity contribution in [1.29, 1.82) is 0 Å². The molecule has 3 rings (SSSR count). The van der Waals surface area contributed by atoms with Gasteiger partial charge in [0.05, 0.1) is 17.7 Å². The van der Waals surface area contributed by atoms with Crippen molar-refractivity contribution < 1.29 is 9.53 Å². The van der Waals surface area contributed by atoms with E-state index in [1.165, 1.54) is 0 Å². The van der Waals surface area contributed by atoms with Crippen molar-refractivity contribution in [2.45, 2.75) is 6.42 Å². The van der Waals surface area contributed by atoms with Gasteiger partial charge in [-0.15, -0.1) is 17.8 Å². The number of hydrogen-bond acceptors (Lipinski definition) is 4. The average Bonchev–Trinajstić information content (AvgIpc) is 3.05. The number of aromatic nitrogens is 1. The Balaban J connectivity index is 1.72. The maximum absolute atomic E-state index is 12.0. The average molecular weight is 319 g/mol. The minimum absolute atomic E-state index is 0.372. The van der Waals surface area contributed by atoms with Crippen LogP contribution in [0.2, 0.25) is 0 Å². The maximum atomic E-state index is 12.0. The molecule has 0 aliphatic carbocycles. The van der Waals surface area contributed by atoms with Crippen molar-refractivity contribution >= 4 is 17.3 Å². The van der Waals surface area contributed by atoms with Gasteiger partial charge in [-0.3, -0.25) is 0 Å². The molecule has 0 atom stereocenters. The topological polar surface area (TPSA) is 39.2 Å². The molecular formula is C19H13NO2S. The fourth-order valence-corrected chi connectivity index (χ4v) is 2.80. The van der Waals surface area contributed by atoms with Crippen LogP contribution in [-0.2, 0) is 6.42 Å². The molecule has 0 amide bonds. The molecule has 0 N–H and O–H groups in total. The minimum Gasteiger partial charge on any atom is -0.423 e. The highest BCUT2D eigenvalue weighted by atomic mass is 32.1. The number of rotatable bonds is 4. The zero-order valence-electron chi connectivity index (χ0n) is 12.2. The molecule has 112 valence electrons. The summed E-state index contributed by atoms with van der Waals surface area (Å²) in [4.78, 5) is 16.5. The summed E-state index contributed by atoms with van der Waals surface area (Å²) in [6.07, 6.45) is 5.83. The van der Waals surface area contributed by atoms with Gasteiger partial charge in [-0.25, -0.2) is 9.78 Å². The summed E-state index contributed by atoms with van der Waals surface area (Å²) in [5.41, 5.74) is 2.36. The third-order valence-corrected chi connectivity index (χ3v) is 4.02. The van der Waals surface area contributed by atoms with Crippen LogP contribution in [0.3, 0.4) is 0 Å². The van der Waals surface area contributed by atoms with Crippen molar-refractivity contribution in [3.63, 3.8) is 0 Å². The van der Waals surface area contributed by atoms with E-state index in [4.69, 9.17) is 11.2 Å². The van der Waals surface area contributed by atoms with Crippen LogP contribution in [0.25, 0.3) is 11.3 Å². The fourth-order valence-electron chi connectivity index (χ4n) is 2.05. The van der Waals surface area contributed by atoms with E-state index in [9.17, 15) is 4.79 Å². The zero-order valence-corrected chi connectivity index (χ0v) is 13.0. The van der Waals surface area contributed by atoms with Crippen LogP contribution in [0.4, 0.5) is 0 Å². The van der Waals surface area contributed by atoms with E-state index in [0.29, 0.717) is 17.7 Å². The monoisotopic (exact) mass is 319 g/mol. The van der Waals surface area contributed by atoms with Gasteiger partial charge in [-0.1, -0.05) is 24.1 Å². The van der Waals surface area contributed by atoms with Gasteiger partial charge in [0.15, 0.2) is 0 Å². The van der Waals surface area contributed by atoms with Crippen LogP contribution < -0.4 is 4.74 Å². The number of benzene rings is 2. The maximum Gasteiger partial charge on any atom is 0.343 e. The zero-order chi connectivity index (χ0) is 16.1. The third-order valence-electron chi connectivity index (χ3n) is 3.18. The first kappa shape index (κ1) is 15.0. The number of esters is 1. The fraction of sp³-hybridized carbons (Fsp3) is 0.0526. The SMILES string of the molecule is C#CCc1nc(-c2ccc(OC(=O)c3ccccc3)cc2)cs1. The highest BCUT2D eigenvalue weighted by molar-refractivity contribution is 7.10. The highest BCUT2D eigenvalue weighted by Gasteiger charge is 2.09. The molecule has 3 nitrogen and oxygen atoms in total. The lowest BCUT2D eigenvalue weighted by molar-refractivity contribution is 0.0735. The van der Waals surface area contributed by atoms with Crippen LogP contribution in [-0.4, -0.2) is 11.0 Å². The predicted octanol–water partition coefficient (Wildman–Crippen LogP) is 4.21. The van der Waals surface area contributed by atoms with Crippen molar-refractivity contribution in [3.05, 3.63) is 70.5 Å². The molecule has 3 aromatic rings. The standard InChI is InChI=1S/C19H13NO2S/c1-2-6-18-20-17(13-23-18)14-9-11-16(12-10-14)22-19(21)15-7-4-3-5-8-15/h1,3-5,7-13H,6H2. The first-order valence-corrected chi connectivity index (χ1v) is 7.90. The Morgan fingerprint density at radius 3 is 2.57 bits per heavy atom. The van der Waals surface area contributed by atoms with Crippen molar-refractivity contribution in [2.24, 2.45) is 0 Å². The molecule has 0 bridgehead atoms. The van der Waals surface area contributed by atoms with E-state index < -0.39 is 0 Å². The summed E-state index contributed by atoms with van der Waals surface area (Å²) in [7, 11) is 0. The first-order chi connectivity index (χ1) is 11.3. The predicted molar refractivity (Wildman–Crippen MR) is 91.5 cm³/mol. The van der Waals surface area contributed by atoms with E-state index in [2.05, 4.69) is 10.9 Å². The lowest BCUT2D eigenvalue weighted by Gasteiger charge is -2.05. The Labute approximate surface area is 138 Å². The Morgan fingerprint density at radius 2 is 1.87 bits per heavy atom. The van der Waals surface area contributed by atoms with Crippen LogP contribution in [0, 0.1) is 12.3 Å². The van der Waals surface area contributed by atoms with Gasteiger partial charge >= 0.3 is 5.97 Å². The molecule has 4 heteroatoms. The largest absolute Gasteiger partial charge is 0.423 e. The Bertz CT molecular complexity index is 845.